The fraction of sp³-hybridized carbons (Fsp3) is 0.172. The second-order valence-corrected chi connectivity index (χ2v) is 8.40. The number of amidine groups is 1. The van der Waals surface area contributed by atoms with Crippen LogP contribution in [-0.2, 0) is 19.5 Å². The van der Waals surface area contributed by atoms with E-state index in [-0.39, 0.29) is 48.6 Å². The first-order chi connectivity index (χ1) is 17.1. The van der Waals surface area contributed by atoms with Crippen LogP contribution in [-0.4, -0.2) is 23.5 Å². The number of pyridine rings is 1. The SMILES string of the molecule is Cl.Cl.Cl.N=C(N)c1ccc(CNCCn2c(-c3ccccc3)ccc(NCCc3ccccc3)c2=O)cc1. The normalized spacial score (nSPS) is 9.89. The number of anilines is 1. The molecule has 3 aromatic carbocycles. The summed E-state index contributed by atoms with van der Waals surface area (Å²) in [5.41, 5.74) is 11.1. The van der Waals surface area contributed by atoms with Gasteiger partial charge in [0.2, 0.25) is 0 Å². The molecule has 4 aromatic rings. The summed E-state index contributed by atoms with van der Waals surface area (Å²) >= 11 is 0. The quantitative estimate of drug-likeness (QED) is 0.108. The maximum absolute atomic E-state index is 13.4. The van der Waals surface area contributed by atoms with Gasteiger partial charge in [-0.3, -0.25) is 10.2 Å². The van der Waals surface area contributed by atoms with E-state index < -0.39 is 0 Å². The van der Waals surface area contributed by atoms with Gasteiger partial charge in [0.1, 0.15) is 11.5 Å². The van der Waals surface area contributed by atoms with E-state index in [1.54, 1.807) is 0 Å². The fourth-order valence-corrected chi connectivity index (χ4v) is 4.01. The minimum absolute atomic E-state index is 0. The van der Waals surface area contributed by atoms with Gasteiger partial charge in [-0.15, -0.1) is 37.2 Å². The van der Waals surface area contributed by atoms with Gasteiger partial charge in [0, 0.05) is 31.7 Å². The predicted octanol–water partition coefficient (Wildman–Crippen LogP) is 5.51. The zero-order valence-electron chi connectivity index (χ0n) is 20.9. The molecular weight excluding hydrogens is 541 g/mol. The highest BCUT2D eigenvalue weighted by Crippen LogP contribution is 2.19. The number of nitrogen functional groups attached to an aromatic ring is 1. The van der Waals surface area contributed by atoms with Crippen molar-refractivity contribution in [3.63, 3.8) is 0 Å². The third-order valence-corrected chi connectivity index (χ3v) is 5.92. The topological polar surface area (TPSA) is 95.9 Å². The Morgan fingerprint density at radius 1 is 0.763 bits per heavy atom. The lowest BCUT2D eigenvalue weighted by Crippen LogP contribution is -2.30. The van der Waals surface area contributed by atoms with E-state index in [1.807, 2.05) is 89.5 Å². The van der Waals surface area contributed by atoms with Crippen LogP contribution in [0.3, 0.4) is 0 Å². The molecule has 0 aliphatic carbocycles. The van der Waals surface area contributed by atoms with Crippen molar-refractivity contribution in [2.24, 2.45) is 5.73 Å². The van der Waals surface area contributed by atoms with Crippen molar-refractivity contribution in [1.29, 1.82) is 5.41 Å². The summed E-state index contributed by atoms with van der Waals surface area (Å²) in [6, 6.07) is 31.8. The van der Waals surface area contributed by atoms with Crippen LogP contribution in [0.4, 0.5) is 5.69 Å². The van der Waals surface area contributed by atoms with Gasteiger partial charge in [0.05, 0.1) is 5.69 Å². The molecule has 0 aliphatic heterocycles. The maximum atomic E-state index is 13.4. The highest BCUT2D eigenvalue weighted by Gasteiger charge is 2.10. The molecule has 9 heteroatoms. The number of aromatic nitrogens is 1. The molecule has 0 aliphatic rings. The molecule has 4 rings (SSSR count). The molecule has 0 atom stereocenters. The molecule has 0 amide bonds. The van der Waals surface area contributed by atoms with Crippen molar-refractivity contribution in [1.82, 2.24) is 9.88 Å². The standard InChI is InChI=1S/C29H31N5O.3ClH/c30-28(31)25-13-11-23(12-14-25)21-32-19-20-34-27(24-9-5-2-6-10-24)16-15-26(29(34)35)33-18-17-22-7-3-1-4-8-22;;;/h1-16,32-33H,17-21H2,(H3,30,31);3*1H. The molecule has 6 nitrogen and oxygen atoms in total. The molecule has 0 saturated heterocycles. The fourth-order valence-electron chi connectivity index (χ4n) is 4.01. The van der Waals surface area contributed by atoms with Crippen molar-refractivity contribution in [2.75, 3.05) is 18.4 Å². The summed E-state index contributed by atoms with van der Waals surface area (Å²) in [5.74, 6) is 0.0644. The molecule has 0 fully saturated rings. The zero-order valence-corrected chi connectivity index (χ0v) is 23.4. The van der Waals surface area contributed by atoms with Gasteiger partial charge >= 0.3 is 0 Å². The lowest BCUT2D eigenvalue weighted by Gasteiger charge is -2.16. The van der Waals surface area contributed by atoms with Gasteiger partial charge in [-0.25, -0.2) is 0 Å². The van der Waals surface area contributed by atoms with Gasteiger partial charge < -0.3 is 20.9 Å². The second-order valence-electron chi connectivity index (χ2n) is 8.40. The molecule has 0 bridgehead atoms. The molecule has 0 radical (unpaired) electrons. The third kappa shape index (κ3) is 8.92. The Morgan fingerprint density at radius 3 is 2.03 bits per heavy atom. The molecule has 0 spiro atoms. The molecule has 0 unspecified atom stereocenters. The van der Waals surface area contributed by atoms with Crippen LogP contribution in [0.15, 0.2) is 102 Å². The number of nitrogens with zero attached hydrogens (tertiary/aromatic N) is 1. The summed E-state index contributed by atoms with van der Waals surface area (Å²) in [6.07, 6.45) is 0.852. The Bertz CT molecular complexity index is 1310. The highest BCUT2D eigenvalue weighted by atomic mass is 35.5. The molecule has 38 heavy (non-hydrogen) atoms. The Balaban J connectivity index is 0.00000241. The Morgan fingerprint density at radius 2 is 1.39 bits per heavy atom. The minimum atomic E-state index is -0.0213. The number of nitrogens with two attached hydrogens (primary N) is 1. The van der Waals surface area contributed by atoms with E-state index in [1.165, 1.54) is 5.56 Å². The number of hydrogen-bond donors (Lipinski definition) is 4. The molecule has 5 N–H and O–H groups in total. The highest BCUT2D eigenvalue weighted by molar-refractivity contribution is 5.94. The van der Waals surface area contributed by atoms with Crippen molar-refractivity contribution < 1.29 is 0 Å². The predicted molar refractivity (Wildman–Crippen MR) is 166 cm³/mol. The average Bonchev–Trinajstić information content (AvgIpc) is 2.89. The van der Waals surface area contributed by atoms with E-state index in [2.05, 4.69) is 22.8 Å². The van der Waals surface area contributed by atoms with Gasteiger partial charge in [0.25, 0.3) is 5.56 Å². The van der Waals surface area contributed by atoms with Crippen LogP contribution in [0.1, 0.15) is 16.7 Å². The van der Waals surface area contributed by atoms with Gasteiger partial charge in [-0.05, 0) is 35.2 Å². The van der Waals surface area contributed by atoms with Crippen molar-refractivity contribution >= 4 is 48.7 Å². The second kappa shape index (κ2) is 16.5. The molecular formula is C29H34Cl3N5O. The Kier molecular flexibility index (Phi) is 14.2. The first-order valence-corrected chi connectivity index (χ1v) is 11.8. The summed E-state index contributed by atoms with van der Waals surface area (Å²) in [5, 5.41) is 14.3. The lowest BCUT2D eigenvalue weighted by molar-refractivity contribution is 0.589. The Labute approximate surface area is 242 Å². The maximum Gasteiger partial charge on any atom is 0.274 e. The number of rotatable bonds is 11. The molecule has 202 valence electrons. The number of halogens is 3. The number of nitrogens with one attached hydrogen (secondary N) is 3. The first-order valence-electron chi connectivity index (χ1n) is 11.8. The molecule has 1 heterocycles. The summed E-state index contributed by atoms with van der Waals surface area (Å²) in [6.45, 7) is 2.55. The molecule has 0 saturated carbocycles. The zero-order chi connectivity index (χ0) is 24.5. The van der Waals surface area contributed by atoms with Crippen LogP contribution < -0.4 is 21.9 Å². The number of hydrogen-bond acceptors (Lipinski definition) is 4. The van der Waals surface area contributed by atoms with Crippen LogP contribution in [0, 0.1) is 5.41 Å². The first kappa shape index (κ1) is 32.7. The number of benzene rings is 3. The van der Waals surface area contributed by atoms with E-state index in [4.69, 9.17) is 11.1 Å². The average molecular weight is 575 g/mol. The van der Waals surface area contributed by atoms with Crippen molar-refractivity contribution in [3.05, 3.63) is 124 Å². The monoisotopic (exact) mass is 573 g/mol. The van der Waals surface area contributed by atoms with E-state index >= 15 is 0 Å². The van der Waals surface area contributed by atoms with Crippen LogP contribution in [0.5, 0.6) is 0 Å². The van der Waals surface area contributed by atoms with Gasteiger partial charge in [0.15, 0.2) is 0 Å². The lowest BCUT2D eigenvalue weighted by atomic mass is 10.1. The summed E-state index contributed by atoms with van der Waals surface area (Å²) in [7, 11) is 0. The van der Waals surface area contributed by atoms with E-state index in [0.717, 1.165) is 23.2 Å². The van der Waals surface area contributed by atoms with Crippen molar-refractivity contribution in [3.8, 4) is 11.3 Å². The summed E-state index contributed by atoms with van der Waals surface area (Å²) in [4.78, 5) is 13.4. The Hall–Kier alpha value is -3.29. The van der Waals surface area contributed by atoms with Crippen LogP contribution in [0.2, 0.25) is 0 Å². The third-order valence-electron chi connectivity index (χ3n) is 5.92. The van der Waals surface area contributed by atoms with Gasteiger partial charge in [-0.1, -0.05) is 84.9 Å². The molecule has 1 aromatic heterocycles. The van der Waals surface area contributed by atoms with E-state index in [0.29, 0.717) is 37.4 Å². The van der Waals surface area contributed by atoms with Gasteiger partial charge in [-0.2, -0.15) is 0 Å². The summed E-state index contributed by atoms with van der Waals surface area (Å²) < 4.78 is 1.84. The van der Waals surface area contributed by atoms with Crippen LogP contribution >= 0.6 is 37.2 Å². The minimum Gasteiger partial charge on any atom is -0.384 e. The smallest absolute Gasteiger partial charge is 0.274 e. The largest absolute Gasteiger partial charge is 0.384 e. The van der Waals surface area contributed by atoms with Crippen LogP contribution in [0.25, 0.3) is 11.3 Å². The van der Waals surface area contributed by atoms with Crippen molar-refractivity contribution in [2.45, 2.75) is 19.5 Å². The van der Waals surface area contributed by atoms with E-state index in [9.17, 15) is 4.79 Å².